The third kappa shape index (κ3) is 4.48. The molecule has 0 aliphatic rings. The number of ether oxygens (including phenoxy) is 1. The van der Waals surface area contributed by atoms with Crippen LogP contribution in [0.1, 0.15) is 0 Å². The number of H-pyrrole nitrogens is 1. The number of carbonyl (C=O) groups excluding carboxylic acids is 1. The molecule has 1 heterocycles. The zero-order valence-corrected chi connectivity index (χ0v) is 14.7. The molecule has 1 aromatic heterocycles. The summed E-state index contributed by atoms with van der Waals surface area (Å²) in [4.78, 5) is 26.8. The molecule has 2 N–H and O–H groups in total. The molecular weight excluding hydrogens is 352 g/mol. The zero-order chi connectivity index (χ0) is 18.4. The van der Waals surface area contributed by atoms with Gasteiger partial charge in [-0.05, 0) is 36.4 Å². The fourth-order valence-corrected chi connectivity index (χ4v) is 2.78. The first kappa shape index (κ1) is 17.7. The van der Waals surface area contributed by atoms with E-state index in [-0.39, 0.29) is 28.1 Å². The normalized spacial score (nSPS) is 10.3. The van der Waals surface area contributed by atoms with Gasteiger partial charge in [0.25, 0.3) is 5.56 Å². The second-order valence-electron chi connectivity index (χ2n) is 5.24. The molecular formula is C18H16N4O3S. The Kier molecular flexibility index (Phi) is 5.65. The number of carbonyl (C=O) groups is 1. The van der Waals surface area contributed by atoms with Crippen LogP contribution in [-0.4, -0.2) is 34.0 Å². The maximum atomic E-state index is 12.2. The minimum absolute atomic E-state index is 0.112. The van der Waals surface area contributed by atoms with Crippen molar-refractivity contribution >= 4 is 23.4 Å². The number of nitrogens with zero attached hydrogens (tertiary/aromatic N) is 2. The van der Waals surface area contributed by atoms with E-state index < -0.39 is 0 Å². The first-order valence-corrected chi connectivity index (χ1v) is 8.73. The van der Waals surface area contributed by atoms with Gasteiger partial charge in [0.1, 0.15) is 5.75 Å². The average molecular weight is 368 g/mol. The third-order valence-corrected chi connectivity index (χ3v) is 4.30. The smallest absolute Gasteiger partial charge is 0.278 e. The van der Waals surface area contributed by atoms with Gasteiger partial charge in [0.15, 0.2) is 10.9 Å². The van der Waals surface area contributed by atoms with Crippen LogP contribution >= 0.6 is 11.8 Å². The number of rotatable bonds is 6. The summed E-state index contributed by atoms with van der Waals surface area (Å²) >= 11 is 1.11. The summed E-state index contributed by atoms with van der Waals surface area (Å²) in [5.74, 6) is 0.610. The Balaban J connectivity index is 1.64. The van der Waals surface area contributed by atoms with Crippen LogP contribution in [0.15, 0.2) is 64.5 Å². The van der Waals surface area contributed by atoms with E-state index in [0.29, 0.717) is 17.0 Å². The molecule has 0 radical (unpaired) electrons. The molecule has 2 aromatic carbocycles. The van der Waals surface area contributed by atoms with E-state index in [1.165, 1.54) is 0 Å². The number of aromatic amines is 1. The van der Waals surface area contributed by atoms with Crippen LogP contribution in [0.2, 0.25) is 0 Å². The molecule has 0 aliphatic carbocycles. The van der Waals surface area contributed by atoms with Crippen molar-refractivity contribution in [1.29, 1.82) is 0 Å². The summed E-state index contributed by atoms with van der Waals surface area (Å²) in [5, 5.41) is 11.0. The summed E-state index contributed by atoms with van der Waals surface area (Å²) in [6.07, 6.45) is 0. The third-order valence-electron chi connectivity index (χ3n) is 3.44. The van der Waals surface area contributed by atoms with Crippen molar-refractivity contribution in [3.63, 3.8) is 0 Å². The Morgan fingerprint density at radius 3 is 2.50 bits per heavy atom. The number of anilines is 1. The van der Waals surface area contributed by atoms with Gasteiger partial charge in [0.2, 0.25) is 5.91 Å². The average Bonchev–Trinajstić information content (AvgIpc) is 2.67. The number of hydrogen-bond acceptors (Lipinski definition) is 6. The number of amides is 1. The largest absolute Gasteiger partial charge is 0.497 e. The first-order chi connectivity index (χ1) is 12.7. The Bertz CT molecular complexity index is 943. The van der Waals surface area contributed by atoms with E-state index >= 15 is 0 Å². The summed E-state index contributed by atoms with van der Waals surface area (Å²) in [7, 11) is 1.57. The van der Waals surface area contributed by atoms with Crippen LogP contribution in [0.25, 0.3) is 11.3 Å². The Morgan fingerprint density at radius 2 is 1.85 bits per heavy atom. The van der Waals surface area contributed by atoms with Crippen LogP contribution in [0.4, 0.5) is 5.69 Å². The molecule has 0 saturated heterocycles. The molecule has 0 aliphatic heterocycles. The lowest BCUT2D eigenvalue weighted by molar-refractivity contribution is -0.113. The number of hydrogen-bond donors (Lipinski definition) is 2. The van der Waals surface area contributed by atoms with E-state index in [4.69, 9.17) is 4.74 Å². The fourth-order valence-electron chi connectivity index (χ4n) is 2.18. The van der Waals surface area contributed by atoms with E-state index in [1.807, 2.05) is 18.2 Å². The van der Waals surface area contributed by atoms with Crippen molar-refractivity contribution in [3.05, 3.63) is 65.0 Å². The number of aromatic nitrogens is 3. The van der Waals surface area contributed by atoms with Crippen molar-refractivity contribution in [2.75, 3.05) is 18.2 Å². The summed E-state index contributed by atoms with van der Waals surface area (Å²) < 4.78 is 5.09. The number of benzene rings is 2. The van der Waals surface area contributed by atoms with E-state index in [1.54, 1.807) is 43.5 Å². The lowest BCUT2D eigenvalue weighted by Gasteiger charge is -2.05. The van der Waals surface area contributed by atoms with Crippen molar-refractivity contribution in [2.24, 2.45) is 0 Å². The van der Waals surface area contributed by atoms with Gasteiger partial charge >= 0.3 is 0 Å². The molecule has 0 fully saturated rings. The Morgan fingerprint density at radius 1 is 1.12 bits per heavy atom. The molecule has 1 amide bonds. The summed E-state index contributed by atoms with van der Waals surface area (Å²) in [5.41, 5.74) is 1.20. The maximum absolute atomic E-state index is 12.2. The van der Waals surface area contributed by atoms with Crippen LogP contribution in [0, 0.1) is 0 Å². The number of nitrogens with one attached hydrogen (secondary N) is 2. The standard InChI is InChI=1S/C18H16N4O3S/c1-25-14-9-7-12(8-10-14)16-17(24)20-18(22-21-16)26-11-15(23)19-13-5-3-2-4-6-13/h2-10H,11H2,1H3,(H,19,23)(H,20,22,24). The van der Waals surface area contributed by atoms with Gasteiger partial charge in [-0.3, -0.25) is 14.6 Å². The minimum atomic E-state index is -0.365. The number of thioether (sulfide) groups is 1. The Hall–Kier alpha value is -3.13. The van der Waals surface area contributed by atoms with Crippen molar-refractivity contribution in [3.8, 4) is 17.0 Å². The molecule has 0 bridgehead atoms. The molecule has 8 heteroatoms. The molecule has 0 unspecified atom stereocenters. The van der Waals surface area contributed by atoms with E-state index in [0.717, 1.165) is 11.8 Å². The predicted molar refractivity (Wildman–Crippen MR) is 100 cm³/mol. The van der Waals surface area contributed by atoms with Crippen LogP contribution < -0.4 is 15.6 Å². The van der Waals surface area contributed by atoms with Gasteiger partial charge in [0, 0.05) is 11.3 Å². The molecule has 132 valence electrons. The lowest BCUT2D eigenvalue weighted by atomic mass is 10.1. The second-order valence-corrected chi connectivity index (χ2v) is 6.20. The van der Waals surface area contributed by atoms with Gasteiger partial charge < -0.3 is 10.1 Å². The molecule has 0 atom stereocenters. The van der Waals surface area contributed by atoms with Crippen LogP contribution in [0.3, 0.4) is 0 Å². The molecule has 26 heavy (non-hydrogen) atoms. The van der Waals surface area contributed by atoms with Gasteiger partial charge in [0.05, 0.1) is 12.9 Å². The highest BCUT2D eigenvalue weighted by Crippen LogP contribution is 2.18. The minimum Gasteiger partial charge on any atom is -0.497 e. The van der Waals surface area contributed by atoms with E-state index in [2.05, 4.69) is 20.5 Å². The SMILES string of the molecule is COc1ccc(-c2nnc(SCC(=O)Nc3ccccc3)[nH]c2=O)cc1. The molecule has 0 saturated carbocycles. The monoisotopic (exact) mass is 368 g/mol. The maximum Gasteiger partial charge on any atom is 0.278 e. The number of para-hydroxylation sites is 1. The predicted octanol–water partition coefficient (Wildman–Crippen LogP) is 2.57. The molecule has 3 aromatic rings. The van der Waals surface area contributed by atoms with Crippen molar-refractivity contribution in [1.82, 2.24) is 15.2 Å². The Labute approximate surface area is 153 Å². The van der Waals surface area contributed by atoms with Gasteiger partial charge in [-0.1, -0.05) is 30.0 Å². The van der Waals surface area contributed by atoms with Gasteiger partial charge in [-0.15, -0.1) is 10.2 Å². The number of methoxy groups -OCH3 is 1. The van der Waals surface area contributed by atoms with Crippen LogP contribution in [0.5, 0.6) is 5.75 Å². The highest BCUT2D eigenvalue weighted by atomic mass is 32.2. The fraction of sp³-hybridized carbons (Fsp3) is 0.111. The second kappa shape index (κ2) is 8.30. The van der Waals surface area contributed by atoms with Gasteiger partial charge in [-0.25, -0.2) is 0 Å². The molecule has 7 nitrogen and oxygen atoms in total. The topological polar surface area (TPSA) is 97.0 Å². The van der Waals surface area contributed by atoms with Gasteiger partial charge in [-0.2, -0.15) is 0 Å². The van der Waals surface area contributed by atoms with Crippen LogP contribution in [-0.2, 0) is 4.79 Å². The van der Waals surface area contributed by atoms with Crippen molar-refractivity contribution in [2.45, 2.75) is 5.16 Å². The zero-order valence-electron chi connectivity index (χ0n) is 13.9. The summed E-state index contributed by atoms with van der Waals surface area (Å²) in [6.45, 7) is 0. The first-order valence-electron chi connectivity index (χ1n) is 7.75. The molecule has 3 rings (SSSR count). The van der Waals surface area contributed by atoms with Crippen molar-refractivity contribution < 1.29 is 9.53 Å². The quantitative estimate of drug-likeness (QED) is 0.649. The molecule has 0 spiro atoms. The lowest BCUT2D eigenvalue weighted by Crippen LogP contribution is -2.17. The highest BCUT2D eigenvalue weighted by Gasteiger charge is 2.10. The highest BCUT2D eigenvalue weighted by molar-refractivity contribution is 7.99. The van der Waals surface area contributed by atoms with E-state index in [9.17, 15) is 9.59 Å². The summed E-state index contributed by atoms with van der Waals surface area (Å²) in [6, 6.07) is 16.1.